The summed E-state index contributed by atoms with van der Waals surface area (Å²) in [4.78, 5) is 18.3. The van der Waals surface area contributed by atoms with Gasteiger partial charge >= 0.3 is 0 Å². The summed E-state index contributed by atoms with van der Waals surface area (Å²) < 4.78 is 5.23. The van der Waals surface area contributed by atoms with Crippen LogP contribution in [-0.2, 0) is 11.2 Å². The minimum Gasteiger partial charge on any atom is -0.361 e. The van der Waals surface area contributed by atoms with E-state index in [9.17, 15) is 4.79 Å². The fourth-order valence-corrected chi connectivity index (χ4v) is 3.23. The van der Waals surface area contributed by atoms with Gasteiger partial charge in [-0.25, -0.2) is 0 Å². The third kappa shape index (κ3) is 3.27. The van der Waals surface area contributed by atoms with Gasteiger partial charge in [0.1, 0.15) is 5.76 Å². The van der Waals surface area contributed by atoms with Crippen LogP contribution >= 0.6 is 0 Å². The second-order valence-corrected chi connectivity index (χ2v) is 6.12. The number of carbonyl (C=O) groups is 1. The number of amides is 1. The van der Waals surface area contributed by atoms with Crippen LogP contribution in [0.2, 0.25) is 0 Å². The van der Waals surface area contributed by atoms with Crippen LogP contribution in [0.3, 0.4) is 0 Å². The highest BCUT2D eigenvalue weighted by atomic mass is 16.5. The number of pyridine rings is 1. The number of nitrogens with zero attached hydrogens (tertiary/aromatic N) is 3. The Balaban J connectivity index is 1.73. The fraction of sp³-hybridized carbons (Fsp3) is 0.471. The number of rotatable bonds is 4. The Morgan fingerprint density at radius 3 is 2.96 bits per heavy atom. The Kier molecular flexibility index (Phi) is 4.43. The molecule has 6 nitrogen and oxygen atoms in total. The zero-order valence-corrected chi connectivity index (χ0v) is 13.6. The summed E-state index contributed by atoms with van der Waals surface area (Å²) in [6.45, 7) is 5.48. The maximum Gasteiger partial charge on any atom is 0.236 e. The SMILES string of the molecule is Cc1noc(C)c1-c1cccc(CC2CCN(C(=O)CN)C2)n1. The summed E-state index contributed by atoms with van der Waals surface area (Å²) >= 11 is 0. The smallest absolute Gasteiger partial charge is 0.236 e. The fourth-order valence-electron chi connectivity index (χ4n) is 3.23. The molecule has 1 amide bonds. The van der Waals surface area contributed by atoms with E-state index >= 15 is 0 Å². The molecule has 1 unspecified atom stereocenters. The van der Waals surface area contributed by atoms with E-state index < -0.39 is 0 Å². The molecule has 122 valence electrons. The highest BCUT2D eigenvalue weighted by molar-refractivity contribution is 5.78. The van der Waals surface area contributed by atoms with Crippen LogP contribution in [0.5, 0.6) is 0 Å². The maximum atomic E-state index is 11.7. The van der Waals surface area contributed by atoms with Crippen LogP contribution in [0, 0.1) is 19.8 Å². The first-order chi connectivity index (χ1) is 11.1. The van der Waals surface area contributed by atoms with Crippen molar-refractivity contribution < 1.29 is 9.32 Å². The van der Waals surface area contributed by atoms with Crippen molar-refractivity contribution in [3.8, 4) is 11.3 Å². The molecular formula is C17H22N4O2. The Morgan fingerprint density at radius 1 is 1.43 bits per heavy atom. The third-order valence-corrected chi connectivity index (χ3v) is 4.41. The highest BCUT2D eigenvalue weighted by Crippen LogP contribution is 2.26. The topological polar surface area (TPSA) is 85.2 Å². The molecule has 3 rings (SSSR count). The van der Waals surface area contributed by atoms with E-state index in [0.717, 1.165) is 54.3 Å². The van der Waals surface area contributed by atoms with Crippen molar-refractivity contribution in [3.63, 3.8) is 0 Å². The zero-order chi connectivity index (χ0) is 16.4. The molecule has 2 N–H and O–H groups in total. The molecule has 0 saturated carbocycles. The number of carbonyl (C=O) groups excluding carboxylic acids is 1. The predicted molar refractivity (Wildman–Crippen MR) is 86.7 cm³/mol. The molecule has 2 aromatic heterocycles. The van der Waals surface area contributed by atoms with Gasteiger partial charge in [0, 0.05) is 18.8 Å². The van der Waals surface area contributed by atoms with E-state index in [-0.39, 0.29) is 12.5 Å². The number of aryl methyl sites for hydroxylation is 2. The zero-order valence-electron chi connectivity index (χ0n) is 13.6. The van der Waals surface area contributed by atoms with E-state index in [1.54, 1.807) is 0 Å². The third-order valence-electron chi connectivity index (χ3n) is 4.41. The van der Waals surface area contributed by atoms with E-state index in [4.69, 9.17) is 15.2 Å². The van der Waals surface area contributed by atoms with Gasteiger partial charge in [0.2, 0.25) is 5.91 Å². The summed E-state index contributed by atoms with van der Waals surface area (Å²) in [5.41, 5.74) is 9.19. The summed E-state index contributed by atoms with van der Waals surface area (Å²) in [7, 11) is 0. The first kappa shape index (κ1) is 15.7. The van der Waals surface area contributed by atoms with Crippen LogP contribution in [-0.4, -0.2) is 40.6 Å². The summed E-state index contributed by atoms with van der Waals surface area (Å²) in [5, 5.41) is 3.99. The average molecular weight is 314 g/mol. The lowest BCUT2D eigenvalue weighted by Crippen LogP contribution is -2.34. The molecular weight excluding hydrogens is 292 g/mol. The standard InChI is InChI=1S/C17H22N4O2/c1-11-17(12(2)23-20-11)15-5-3-4-14(19-15)8-13-6-7-21(10-13)16(22)9-18/h3-5,13H,6-10,18H2,1-2H3. The Hall–Kier alpha value is -2.21. The number of hydrogen-bond donors (Lipinski definition) is 1. The molecule has 0 bridgehead atoms. The van der Waals surface area contributed by atoms with Gasteiger partial charge in [-0.2, -0.15) is 0 Å². The summed E-state index contributed by atoms with van der Waals surface area (Å²) in [6.07, 6.45) is 1.87. The van der Waals surface area contributed by atoms with Crippen molar-refractivity contribution >= 4 is 5.91 Å². The van der Waals surface area contributed by atoms with Crippen molar-refractivity contribution in [2.24, 2.45) is 11.7 Å². The van der Waals surface area contributed by atoms with Gasteiger partial charge in [-0.05, 0) is 44.7 Å². The molecule has 0 spiro atoms. The van der Waals surface area contributed by atoms with E-state index in [0.29, 0.717) is 5.92 Å². The van der Waals surface area contributed by atoms with E-state index in [1.165, 1.54) is 0 Å². The van der Waals surface area contributed by atoms with Crippen LogP contribution in [0.1, 0.15) is 23.6 Å². The first-order valence-corrected chi connectivity index (χ1v) is 7.95. The normalized spacial score (nSPS) is 17.7. The lowest BCUT2D eigenvalue weighted by molar-refractivity contribution is -0.128. The number of aromatic nitrogens is 2. The molecule has 1 saturated heterocycles. The molecule has 6 heteroatoms. The molecule has 0 aromatic carbocycles. The largest absolute Gasteiger partial charge is 0.361 e. The van der Waals surface area contributed by atoms with Crippen molar-refractivity contribution in [1.29, 1.82) is 0 Å². The number of likely N-dealkylation sites (tertiary alicyclic amines) is 1. The molecule has 2 aromatic rings. The van der Waals surface area contributed by atoms with Crippen molar-refractivity contribution in [3.05, 3.63) is 35.3 Å². The lowest BCUT2D eigenvalue weighted by atomic mass is 10.0. The van der Waals surface area contributed by atoms with Gasteiger partial charge in [-0.1, -0.05) is 11.2 Å². The van der Waals surface area contributed by atoms with E-state index in [1.807, 2.05) is 36.9 Å². The van der Waals surface area contributed by atoms with Crippen LogP contribution in [0.15, 0.2) is 22.7 Å². The van der Waals surface area contributed by atoms with Gasteiger partial charge in [-0.15, -0.1) is 0 Å². The van der Waals surface area contributed by atoms with Gasteiger partial charge in [0.15, 0.2) is 0 Å². The highest BCUT2D eigenvalue weighted by Gasteiger charge is 2.26. The van der Waals surface area contributed by atoms with Crippen LogP contribution < -0.4 is 5.73 Å². The molecule has 0 radical (unpaired) electrons. The molecule has 1 fully saturated rings. The molecule has 1 atom stereocenters. The molecule has 23 heavy (non-hydrogen) atoms. The Bertz CT molecular complexity index is 691. The second kappa shape index (κ2) is 6.50. The predicted octanol–water partition coefficient (Wildman–Crippen LogP) is 1.70. The van der Waals surface area contributed by atoms with Gasteiger partial charge in [0.25, 0.3) is 0 Å². The van der Waals surface area contributed by atoms with E-state index in [2.05, 4.69) is 5.16 Å². The monoisotopic (exact) mass is 314 g/mol. The van der Waals surface area contributed by atoms with Crippen molar-refractivity contribution in [2.45, 2.75) is 26.7 Å². The van der Waals surface area contributed by atoms with Crippen molar-refractivity contribution in [1.82, 2.24) is 15.0 Å². The van der Waals surface area contributed by atoms with Crippen LogP contribution in [0.25, 0.3) is 11.3 Å². The summed E-state index contributed by atoms with van der Waals surface area (Å²) in [6, 6.07) is 6.03. The molecule has 1 aliphatic rings. The summed E-state index contributed by atoms with van der Waals surface area (Å²) in [5.74, 6) is 1.26. The Morgan fingerprint density at radius 2 is 2.26 bits per heavy atom. The van der Waals surface area contributed by atoms with Crippen LogP contribution in [0.4, 0.5) is 0 Å². The van der Waals surface area contributed by atoms with Gasteiger partial charge < -0.3 is 15.2 Å². The average Bonchev–Trinajstić information content (AvgIpc) is 3.14. The molecule has 0 aliphatic carbocycles. The quantitative estimate of drug-likeness (QED) is 0.928. The number of nitrogens with two attached hydrogens (primary N) is 1. The van der Waals surface area contributed by atoms with Gasteiger partial charge in [-0.3, -0.25) is 9.78 Å². The maximum absolute atomic E-state index is 11.7. The molecule has 3 heterocycles. The minimum absolute atomic E-state index is 0.0323. The van der Waals surface area contributed by atoms with Crippen molar-refractivity contribution in [2.75, 3.05) is 19.6 Å². The first-order valence-electron chi connectivity index (χ1n) is 7.95. The van der Waals surface area contributed by atoms with Gasteiger partial charge in [0.05, 0.1) is 23.5 Å². The second-order valence-electron chi connectivity index (χ2n) is 6.12. The molecule has 1 aliphatic heterocycles. The number of hydrogen-bond acceptors (Lipinski definition) is 5. The lowest BCUT2D eigenvalue weighted by Gasteiger charge is -2.15. The minimum atomic E-state index is 0.0323. The Labute approximate surface area is 135 Å².